The number of amides is 2. The van der Waals surface area contributed by atoms with E-state index in [1.807, 2.05) is 31.2 Å². The first-order valence-corrected chi connectivity index (χ1v) is 8.74. The van der Waals surface area contributed by atoms with Crippen LogP contribution in [0.15, 0.2) is 48.5 Å². The number of rotatable bonds is 7. The molecule has 0 fully saturated rings. The zero-order valence-corrected chi connectivity index (χ0v) is 15.9. The van der Waals surface area contributed by atoms with Crippen LogP contribution in [0.5, 0.6) is 5.75 Å². The molecule has 2 amide bonds. The van der Waals surface area contributed by atoms with Crippen molar-refractivity contribution in [3.05, 3.63) is 64.7 Å². The van der Waals surface area contributed by atoms with Crippen LogP contribution in [0.2, 0.25) is 5.02 Å². The highest BCUT2D eigenvalue weighted by molar-refractivity contribution is 6.32. The SMILES string of the molecule is CNC(=O)[C@@H](C)N(Cc1ccccc1C)C(=O)COc1ccccc1Cl. The highest BCUT2D eigenvalue weighted by atomic mass is 35.5. The van der Waals surface area contributed by atoms with Gasteiger partial charge in [0.2, 0.25) is 5.91 Å². The van der Waals surface area contributed by atoms with Crippen molar-refractivity contribution in [1.82, 2.24) is 10.2 Å². The molecule has 0 aromatic heterocycles. The molecule has 0 aliphatic carbocycles. The summed E-state index contributed by atoms with van der Waals surface area (Å²) in [5.41, 5.74) is 2.04. The summed E-state index contributed by atoms with van der Waals surface area (Å²) in [5, 5.41) is 3.02. The molecule has 0 bridgehead atoms. The first kappa shape index (κ1) is 19.8. The molecule has 0 heterocycles. The van der Waals surface area contributed by atoms with Gasteiger partial charge in [-0.25, -0.2) is 0 Å². The van der Waals surface area contributed by atoms with Crippen LogP contribution in [0.4, 0.5) is 0 Å². The summed E-state index contributed by atoms with van der Waals surface area (Å²) < 4.78 is 5.56. The number of aryl methyl sites for hydroxylation is 1. The fraction of sp³-hybridized carbons (Fsp3) is 0.300. The van der Waals surface area contributed by atoms with Crippen molar-refractivity contribution in [3.8, 4) is 5.75 Å². The van der Waals surface area contributed by atoms with Crippen molar-refractivity contribution in [2.24, 2.45) is 0 Å². The van der Waals surface area contributed by atoms with E-state index in [-0.39, 0.29) is 18.4 Å². The molecule has 1 atom stereocenters. The van der Waals surface area contributed by atoms with E-state index in [4.69, 9.17) is 16.3 Å². The van der Waals surface area contributed by atoms with Crippen LogP contribution in [0.1, 0.15) is 18.1 Å². The third-order valence-corrected chi connectivity index (χ3v) is 4.52. The molecular weight excluding hydrogens is 352 g/mol. The summed E-state index contributed by atoms with van der Waals surface area (Å²) in [6, 6.07) is 14.1. The van der Waals surface area contributed by atoms with Crippen LogP contribution >= 0.6 is 11.6 Å². The van der Waals surface area contributed by atoms with Gasteiger partial charge in [-0.05, 0) is 37.1 Å². The number of hydrogen-bond acceptors (Lipinski definition) is 3. The highest BCUT2D eigenvalue weighted by Gasteiger charge is 2.26. The van der Waals surface area contributed by atoms with E-state index in [0.29, 0.717) is 17.3 Å². The summed E-state index contributed by atoms with van der Waals surface area (Å²) in [6.45, 7) is 3.80. The third kappa shape index (κ3) is 4.99. The Morgan fingerprint density at radius 2 is 1.81 bits per heavy atom. The first-order valence-electron chi connectivity index (χ1n) is 8.37. The predicted molar refractivity (Wildman–Crippen MR) is 102 cm³/mol. The Morgan fingerprint density at radius 3 is 2.46 bits per heavy atom. The summed E-state index contributed by atoms with van der Waals surface area (Å²) in [4.78, 5) is 26.4. The minimum absolute atomic E-state index is 0.197. The molecule has 0 spiro atoms. The Balaban J connectivity index is 2.17. The maximum atomic E-state index is 12.8. The number of para-hydroxylation sites is 1. The van der Waals surface area contributed by atoms with Crippen LogP contribution < -0.4 is 10.1 Å². The number of likely N-dealkylation sites (N-methyl/N-ethyl adjacent to an activating group) is 1. The maximum Gasteiger partial charge on any atom is 0.261 e. The normalized spacial score (nSPS) is 11.5. The maximum absolute atomic E-state index is 12.8. The van der Waals surface area contributed by atoms with E-state index in [1.165, 1.54) is 4.90 Å². The van der Waals surface area contributed by atoms with Crippen molar-refractivity contribution in [2.45, 2.75) is 26.4 Å². The average molecular weight is 375 g/mol. The summed E-state index contributed by atoms with van der Waals surface area (Å²) in [7, 11) is 1.55. The molecule has 26 heavy (non-hydrogen) atoms. The summed E-state index contributed by atoms with van der Waals surface area (Å²) in [5.74, 6) is -0.0834. The molecule has 1 N–H and O–H groups in total. The number of nitrogens with zero attached hydrogens (tertiary/aromatic N) is 1. The average Bonchev–Trinajstić information content (AvgIpc) is 2.65. The molecule has 0 unspecified atom stereocenters. The largest absolute Gasteiger partial charge is 0.482 e. The fourth-order valence-corrected chi connectivity index (χ4v) is 2.74. The van der Waals surface area contributed by atoms with E-state index in [2.05, 4.69) is 5.32 Å². The lowest BCUT2D eigenvalue weighted by atomic mass is 10.1. The monoisotopic (exact) mass is 374 g/mol. The molecule has 0 saturated carbocycles. The van der Waals surface area contributed by atoms with E-state index >= 15 is 0 Å². The van der Waals surface area contributed by atoms with Crippen LogP contribution in [0.3, 0.4) is 0 Å². The van der Waals surface area contributed by atoms with Gasteiger partial charge >= 0.3 is 0 Å². The lowest BCUT2D eigenvalue weighted by molar-refractivity contribution is -0.142. The Morgan fingerprint density at radius 1 is 1.15 bits per heavy atom. The van der Waals surface area contributed by atoms with Gasteiger partial charge in [0.1, 0.15) is 11.8 Å². The minimum atomic E-state index is -0.623. The standard InChI is InChI=1S/C20H23ClN2O3/c1-14-8-4-5-9-16(14)12-23(15(2)20(25)22-3)19(24)13-26-18-11-7-6-10-17(18)21/h4-11,15H,12-13H2,1-3H3,(H,22,25)/t15-/m1/s1. The molecule has 5 nitrogen and oxygen atoms in total. The van der Waals surface area contributed by atoms with Gasteiger partial charge in [0.05, 0.1) is 5.02 Å². The molecule has 0 aliphatic heterocycles. The lowest BCUT2D eigenvalue weighted by Gasteiger charge is -2.29. The zero-order chi connectivity index (χ0) is 19.1. The predicted octanol–water partition coefficient (Wildman–Crippen LogP) is 3.19. The highest BCUT2D eigenvalue weighted by Crippen LogP contribution is 2.23. The Hall–Kier alpha value is -2.53. The second-order valence-electron chi connectivity index (χ2n) is 5.96. The van der Waals surface area contributed by atoms with Gasteiger partial charge in [0, 0.05) is 13.6 Å². The topological polar surface area (TPSA) is 58.6 Å². The van der Waals surface area contributed by atoms with E-state index in [9.17, 15) is 9.59 Å². The molecule has 2 rings (SSSR count). The van der Waals surface area contributed by atoms with Gasteiger partial charge in [-0.1, -0.05) is 48.0 Å². The molecule has 2 aromatic rings. The van der Waals surface area contributed by atoms with Gasteiger partial charge in [-0.15, -0.1) is 0 Å². The van der Waals surface area contributed by atoms with E-state index in [0.717, 1.165) is 11.1 Å². The van der Waals surface area contributed by atoms with Crippen molar-refractivity contribution in [1.29, 1.82) is 0 Å². The molecule has 0 aliphatic rings. The number of ether oxygens (including phenoxy) is 1. The summed E-state index contributed by atoms with van der Waals surface area (Å²) >= 11 is 6.06. The zero-order valence-electron chi connectivity index (χ0n) is 15.2. The second kappa shape index (κ2) is 9.25. The summed E-state index contributed by atoms with van der Waals surface area (Å²) in [6.07, 6.45) is 0. The Kier molecular flexibility index (Phi) is 7.04. The van der Waals surface area contributed by atoms with Gasteiger partial charge in [0.25, 0.3) is 5.91 Å². The second-order valence-corrected chi connectivity index (χ2v) is 6.36. The number of hydrogen-bond donors (Lipinski definition) is 1. The number of benzene rings is 2. The Labute approximate surface area is 158 Å². The minimum Gasteiger partial charge on any atom is -0.482 e. The van der Waals surface area contributed by atoms with Crippen molar-refractivity contribution in [3.63, 3.8) is 0 Å². The van der Waals surface area contributed by atoms with E-state index < -0.39 is 6.04 Å². The fourth-order valence-electron chi connectivity index (χ4n) is 2.55. The van der Waals surface area contributed by atoms with Gasteiger partial charge in [-0.2, -0.15) is 0 Å². The van der Waals surface area contributed by atoms with Gasteiger partial charge < -0.3 is 15.0 Å². The Bertz CT molecular complexity index is 779. The van der Waals surface area contributed by atoms with Crippen molar-refractivity contribution >= 4 is 23.4 Å². The van der Waals surface area contributed by atoms with Crippen molar-refractivity contribution < 1.29 is 14.3 Å². The molecule has 6 heteroatoms. The molecular formula is C20H23ClN2O3. The molecule has 0 saturated heterocycles. The molecule has 2 aromatic carbocycles. The number of carbonyl (C=O) groups excluding carboxylic acids is 2. The number of nitrogens with one attached hydrogen (secondary N) is 1. The van der Waals surface area contributed by atoms with Crippen LogP contribution in [0.25, 0.3) is 0 Å². The first-order chi connectivity index (χ1) is 12.4. The third-order valence-electron chi connectivity index (χ3n) is 4.20. The van der Waals surface area contributed by atoms with E-state index in [1.54, 1.807) is 38.2 Å². The van der Waals surface area contributed by atoms with Gasteiger partial charge in [0.15, 0.2) is 6.61 Å². The van der Waals surface area contributed by atoms with Crippen LogP contribution in [-0.4, -0.2) is 36.4 Å². The quantitative estimate of drug-likeness (QED) is 0.809. The molecule has 0 radical (unpaired) electrons. The number of carbonyl (C=O) groups is 2. The molecule has 138 valence electrons. The van der Waals surface area contributed by atoms with Gasteiger partial charge in [-0.3, -0.25) is 9.59 Å². The number of halogens is 1. The van der Waals surface area contributed by atoms with Crippen molar-refractivity contribution in [2.75, 3.05) is 13.7 Å². The lowest BCUT2D eigenvalue weighted by Crippen LogP contribution is -2.48. The van der Waals surface area contributed by atoms with Crippen LogP contribution in [0, 0.1) is 6.92 Å². The van der Waals surface area contributed by atoms with Crippen LogP contribution in [-0.2, 0) is 16.1 Å². The smallest absolute Gasteiger partial charge is 0.261 e.